The molecule has 1 atom stereocenters. The van der Waals surface area contributed by atoms with Gasteiger partial charge in [-0.05, 0) is 54.2 Å². The second-order valence-corrected chi connectivity index (χ2v) is 11.0. The number of fused-ring (bicyclic) bond motifs is 1. The van der Waals surface area contributed by atoms with Crippen LogP contribution in [0, 0.1) is 0 Å². The molecule has 0 saturated heterocycles. The average Bonchev–Trinajstić information content (AvgIpc) is 2.85. The Balaban J connectivity index is 1.86. The zero-order valence-corrected chi connectivity index (χ0v) is 21.1. The Bertz CT molecular complexity index is 1170. The van der Waals surface area contributed by atoms with Crippen molar-refractivity contribution in [2.75, 3.05) is 14.1 Å². The predicted octanol–water partition coefficient (Wildman–Crippen LogP) is 7.92. The summed E-state index contributed by atoms with van der Waals surface area (Å²) < 4.78 is 0.905. The molecule has 4 aromatic carbocycles. The third-order valence-corrected chi connectivity index (χ3v) is 8.53. The molecule has 1 nitrogen and oxygen atoms in total. The molecule has 4 aromatic rings. The van der Waals surface area contributed by atoms with Gasteiger partial charge in [-0.25, -0.2) is 0 Å². The Kier molecular flexibility index (Phi) is 5.49. The van der Waals surface area contributed by atoms with Gasteiger partial charge in [0.2, 0.25) is 0 Å². The largest absolute Gasteiger partial charge is 0.291 e. The van der Waals surface area contributed by atoms with Gasteiger partial charge in [0.15, 0.2) is 0 Å². The first kappa shape index (κ1) is 22.6. The second kappa shape index (κ2) is 8.25. The highest BCUT2D eigenvalue weighted by Gasteiger charge is 2.47. The molecule has 1 aliphatic rings. The lowest BCUT2D eigenvalue weighted by Gasteiger charge is -2.50. The van der Waals surface area contributed by atoms with Crippen molar-refractivity contribution < 1.29 is 0 Å². The predicted molar refractivity (Wildman–Crippen MR) is 146 cm³/mol. The van der Waals surface area contributed by atoms with E-state index in [1.54, 1.807) is 0 Å². The molecule has 0 N–H and O–H groups in total. The topological polar surface area (TPSA) is 0 Å². The van der Waals surface area contributed by atoms with Gasteiger partial charge in [-0.15, -0.1) is 0 Å². The van der Waals surface area contributed by atoms with Crippen LogP contribution in [-0.2, 0) is 5.41 Å². The lowest BCUT2D eigenvalue weighted by Crippen LogP contribution is -2.60. The molecule has 0 saturated carbocycles. The van der Waals surface area contributed by atoms with Crippen LogP contribution in [-0.4, -0.2) is 19.6 Å². The van der Waals surface area contributed by atoms with Crippen LogP contribution in [0.2, 0.25) is 0 Å². The van der Waals surface area contributed by atoms with Crippen LogP contribution in [0.5, 0.6) is 0 Å². The van der Waals surface area contributed by atoms with Crippen molar-refractivity contribution in [3.05, 3.63) is 137 Å². The molecule has 0 amide bonds. The third kappa shape index (κ3) is 3.34. The molecule has 0 fully saturated rings. The Labute approximate surface area is 205 Å². The van der Waals surface area contributed by atoms with Crippen molar-refractivity contribution in [1.29, 1.82) is 0 Å². The van der Waals surface area contributed by atoms with E-state index in [0.717, 1.165) is 4.48 Å². The summed E-state index contributed by atoms with van der Waals surface area (Å²) in [4.78, 5) is 0. The Morgan fingerprint density at radius 3 is 1.53 bits per heavy atom. The van der Waals surface area contributed by atoms with Crippen molar-refractivity contribution in [3.63, 3.8) is 0 Å². The molecular weight excluding hydrogens is 410 g/mol. The van der Waals surface area contributed by atoms with E-state index >= 15 is 0 Å². The SMILES string of the molecule is CC1CC(C)(C)[N+](C)(C)c2ccc(C(c3ccccc3)(c3ccccc3)c3ccccc3)cc21. The van der Waals surface area contributed by atoms with Crippen LogP contribution in [0.1, 0.15) is 60.9 Å². The van der Waals surface area contributed by atoms with E-state index in [1.807, 2.05) is 0 Å². The van der Waals surface area contributed by atoms with E-state index < -0.39 is 0 Å². The molecule has 1 aliphatic heterocycles. The summed E-state index contributed by atoms with van der Waals surface area (Å²) >= 11 is 0. The number of nitrogens with zero attached hydrogens (tertiary/aromatic N) is 1. The number of rotatable bonds is 4. The summed E-state index contributed by atoms with van der Waals surface area (Å²) in [5.74, 6) is 0.510. The molecule has 0 radical (unpaired) electrons. The maximum atomic E-state index is 2.52. The lowest BCUT2D eigenvalue weighted by atomic mass is 9.64. The summed E-state index contributed by atoms with van der Waals surface area (Å²) in [5, 5.41) is 0. The van der Waals surface area contributed by atoms with Gasteiger partial charge in [-0.1, -0.05) is 104 Å². The molecule has 5 rings (SSSR count). The lowest BCUT2D eigenvalue weighted by molar-refractivity contribution is 0.157. The van der Waals surface area contributed by atoms with Crippen molar-refractivity contribution in [3.8, 4) is 0 Å². The molecule has 1 heteroatoms. The second-order valence-electron chi connectivity index (χ2n) is 11.0. The quantitative estimate of drug-likeness (QED) is 0.221. The number of hydrogen-bond donors (Lipinski definition) is 0. The van der Waals surface area contributed by atoms with E-state index in [0.29, 0.717) is 5.92 Å². The molecule has 1 unspecified atom stereocenters. The first-order chi connectivity index (χ1) is 16.3. The van der Waals surface area contributed by atoms with Gasteiger partial charge in [-0.2, -0.15) is 0 Å². The molecule has 0 aliphatic carbocycles. The molecule has 34 heavy (non-hydrogen) atoms. The monoisotopic (exact) mass is 446 g/mol. The highest BCUT2D eigenvalue weighted by Crippen LogP contribution is 2.50. The van der Waals surface area contributed by atoms with E-state index in [4.69, 9.17) is 0 Å². The van der Waals surface area contributed by atoms with E-state index in [9.17, 15) is 0 Å². The fourth-order valence-electron chi connectivity index (χ4n) is 6.17. The van der Waals surface area contributed by atoms with Gasteiger partial charge in [0.25, 0.3) is 0 Å². The summed E-state index contributed by atoms with van der Waals surface area (Å²) in [5.41, 5.74) is 7.96. The van der Waals surface area contributed by atoms with Crippen LogP contribution < -0.4 is 4.48 Å². The van der Waals surface area contributed by atoms with Crippen molar-refractivity contribution >= 4 is 5.69 Å². The number of hydrogen-bond acceptors (Lipinski definition) is 0. The van der Waals surface area contributed by atoms with E-state index in [2.05, 4.69) is 144 Å². The summed E-state index contributed by atoms with van der Waals surface area (Å²) in [6.07, 6.45) is 1.17. The van der Waals surface area contributed by atoms with Gasteiger partial charge >= 0.3 is 0 Å². The smallest absolute Gasteiger partial charge is 0.136 e. The number of quaternary nitrogens is 1. The summed E-state index contributed by atoms with van der Waals surface area (Å²) in [6, 6.07) is 40.3. The van der Waals surface area contributed by atoms with Crippen LogP contribution in [0.15, 0.2) is 109 Å². The van der Waals surface area contributed by atoms with Crippen molar-refractivity contribution in [2.24, 2.45) is 0 Å². The zero-order chi connectivity index (χ0) is 24.0. The normalized spacial score (nSPS) is 18.8. The van der Waals surface area contributed by atoms with Crippen LogP contribution >= 0.6 is 0 Å². The van der Waals surface area contributed by atoms with Crippen LogP contribution in [0.25, 0.3) is 0 Å². The fourth-order valence-corrected chi connectivity index (χ4v) is 6.17. The van der Waals surface area contributed by atoms with Gasteiger partial charge in [0.1, 0.15) is 5.69 Å². The van der Waals surface area contributed by atoms with E-state index in [-0.39, 0.29) is 11.0 Å². The Morgan fingerprint density at radius 2 is 1.09 bits per heavy atom. The maximum absolute atomic E-state index is 2.52. The van der Waals surface area contributed by atoms with Gasteiger partial charge < -0.3 is 0 Å². The van der Waals surface area contributed by atoms with Crippen molar-refractivity contribution in [2.45, 2.75) is 44.1 Å². The number of benzene rings is 4. The van der Waals surface area contributed by atoms with Gasteiger partial charge in [-0.3, -0.25) is 4.48 Å². The van der Waals surface area contributed by atoms with Gasteiger partial charge in [0.05, 0.1) is 25.0 Å². The highest BCUT2D eigenvalue weighted by atomic mass is 15.4. The third-order valence-electron chi connectivity index (χ3n) is 8.53. The minimum atomic E-state index is -0.386. The minimum Gasteiger partial charge on any atom is -0.291 e. The maximum Gasteiger partial charge on any atom is 0.136 e. The fraction of sp³-hybridized carbons (Fsp3) is 0.273. The summed E-state index contributed by atoms with van der Waals surface area (Å²) in [6.45, 7) is 7.21. The van der Waals surface area contributed by atoms with Crippen LogP contribution in [0.4, 0.5) is 5.69 Å². The first-order valence-electron chi connectivity index (χ1n) is 12.4. The molecule has 172 valence electrons. The Hall–Kier alpha value is -3.16. The molecule has 1 heterocycles. The minimum absolute atomic E-state index is 0.198. The standard InChI is InChI=1S/C33H36N/c1-25-24-32(2,3)34(4,5)31-22-21-29(23-30(25)31)33(26-15-9-6-10-16-26,27-17-11-7-12-18-27)28-19-13-8-14-20-28/h6-23,25H,24H2,1-5H3/q+1. The van der Waals surface area contributed by atoms with Crippen LogP contribution in [0.3, 0.4) is 0 Å². The summed E-state index contributed by atoms with van der Waals surface area (Å²) in [7, 11) is 4.73. The highest BCUT2D eigenvalue weighted by molar-refractivity contribution is 5.64. The molecule has 0 aromatic heterocycles. The first-order valence-corrected chi connectivity index (χ1v) is 12.4. The molecule has 0 bridgehead atoms. The van der Waals surface area contributed by atoms with Gasteiger partial charge in [0, 0.05) is 12.0 Å². The average molecular weight is 447 g/mol. The zero-order valence-electron chi connectivity index (χ0n) is 21.1. The Morgan fingerprint density at radius 1 is 0.647 bits per heavy atom. The van der Waals surface area contributed by atoms with Crippen molar-refractivity contribution in [1.82, 2.24) is 4.48 Å². The molecular formula is C33H36N+. The van der Waals surface area contributed by atoms with E-state index in [1.165, 1.54) is 39.9 Å². The molecule has 0 spiro atoms.